The Balaban J connectivity index is 1.94. The molecule has 12 nitrogen and oxygen atoms in total. The molecule has 0 spiro atoms. The van der Waals surface area contributed by atoms with Gasteiger partial charge in [0.2, 0.25) is 5.91 Å². The summed E-state index contributed by atoms with van der Waals surface area (Å²) < 4.78 is 11.3. The maximum atomic E-state index is 11.9. The van der Waals surface area contributed by atoms with Crippen LogP contribution >= 0.6 is 0 Å². The maximum Gasteiger partial charge on any atom is 0.249 e. The third-order valence-electron chi connectivity index (χ3n) is 5.30. The minimum Gasteiger partial charge on any atom is -0.391 e. The highest BCUT2D eigenvalue weighted by Crippen LogP contribution is 2.27. The molecule has 0 bridgehead atoms. The van der Waals surface area contributed by atoms with E-state index in [0.717, 1.165) is 0 Å². The van der Waals surface area contributed by atoms with Gasteiger partial charge < -0.3 is 58.2 Å². The molecule has 13 N–H and O–H groups in total. The normalized spacial score (nSPS) is 42.8. The van der Waals surface area contributed by atoms with Crippen LogP contribution in [0.1, 0.15) is 19.3 Å². The molecule has 2 rings (SSSR count). The molecule has 1 aliphatic carbocycles. The molecular formula is C16H33N5O7. The standard InChI is InChI=1S/C16H33N5O7/c17-2-1-8(22)15(26)21-7-3-6(19)10(4-9(7)23)27-16-12(20)14(25)13(24)11(5-18)28-16/h6-14,16,22-25H,1-5,17-20H2,(H,21,26)/t6-,7-,8+,9+,10+,11+,12-,13+,14-,16+/m1/s1. The Morgan fingerprint density at radius 1 is 1.18 bits per heavy atom. The van der Waals surface area contributed by atoms with E-state index in [4.69, 9.17) is 32.4 Å². The van der Waals surface area contributed by atoms with E-state index in [9.17, 15) is 25.2 Å². The van der Waals surface area contributed by atoms with E-state index in [1.165, 1.54) is 0 Å². The number of rotatable bonds is 7. The van der Waals surface area contributed by atoms with Crippen molar-refractivity contribution in [3.8, 4) is 0 Å². The molecule has 0 aromatic rings. The number of aliphatic hydroxyl groups excluding tert-OH is 4. The number of nitrogens with two attached hydrogens (primary N) is 4. The second-order valence-corrected chi connectivity index (χ2v) is 7.42. The van der Waals surface area contributed by atoms with Crippen LogP contribution in [0.3, 0.4) is 0 Å². The molecular weight excluding hydrogens is 374 g/mol. The van der Waals surface area contributed by atoms with Crippen molar-refractivity contribution in [2.75, 3.05) is 13.1 Å². The molecule has 2 aliphatic rings. The van der Waals surface area contributed by atoms with Crippen molar-refractivity contribution < 1.29 is 34.7 Å². The molecule has 164 valence electrons. The average Bonchev–Trinajstić information content (AvgIpc) is 2.66. The van der Waals surface area contributed by atoms with Crippen LogP contribution < -0.4 is 28.3 Å². The van der Waals surface area contributed by atoms with Crippen LogP contribution in [0, 0.1) is 0 Å². The van der Waals surface area contributed by atoms with Crippen LogP contribution in [-0.2, 0) is 14.3 Å². The van der Waals surface area contributed by atoms with E-state index in [0.29, 0.717) is 0 Å². The number of carbonyl (C=O) groups is 1. The highest BCUT2D eigenvalue weighted by molar-refractivity contribution is 5.80. The lowest BCUT2D eigenvalue weighted by molar-refractivity contribution is -0.276. The summed E-state index contributed by atoms with van der Waals surface area (Å²) >= 11 is 0. The van der Waals surface area contributed by atoms with Gasteiger partial charge in [0.05, 0.1) is 24.3 Å². The summed E-state index contributed by atoms with van der Waals surface area (Å²) in [5.74, 6) is -0.624. The van der Waals surface area contributed by atoms with Crippen molar-refractivity contribution >= 4 is 5.91 Å². The highest BCUT2D eigenvalue weighted by Gasteiger charge is 2.45. The second-order valence-electron chi connectivity index (χ2n) is 7.42. The SMILES string of the molecule is NCC[C@H](O)C(=O)N[C@@H]1C[C@@H](N)[C@@H](O[C@H]2O[C@@H](CN)[C@H](O)[C@H](O)[C@H]2N)C[C@@H]1O. The van der Waals surface area contributed by atoms with Crippen molar-refractivity contribution in [2.45, 2.75) is 80.3 Å². The number of ether oxygens (including phenoxy) is 2. The molecule has 2 fully saturated rings. The summed E-state index contributed by atoms with van der Waals surface area (Å²) in [7, 11) is 0. The van der Waals surface area contributed by atoms with E-state index in [1.54, 1.807) is 0 Å². The Morgan fingerprint density at radius 2 is 1.86 bits per heavy atom. The Morgan fingerprint density at radius 3 is 2.46 bits per heavy atom. The molecule has 10 atom stereocenters. The molecule has 0 aromatic heterocycles. The first-order valence-electron chi connectivity index (χ1n) is 9.44. The summed E-state index contributed by atoms with van der Waals surface area (Å²) in [4.78, 5) is 11.9. The fraction of sp³-hybridized carbons (Fsp3) is 0.938. The minimum atomic E-state index is -1.28. The van der Waals surface area contributed by atoms with Crippen LogP contribution in [0.2, 0.25) is 0 Å². The summed E-state index contributed by atoms with van der Waals surface area (Å²) in [5.41, 5.74) is 22.9. The summed E-state index contributed by atoms with van der Waals surface area (Å²) in [6, 6.07) is -2.25. The zero-order valence-electron chi connectivity index (χ0n) is 15.6. The van der Waals surface area contributed by atoms with Gasteiger partial charge in [0.1, 0.15) is 24.4 Å². The van der Waals surface area contributed by atoms with E-state index in [2.05, 4.69) is 5.32 Å². The fourth-order valence-corrected chi connectivity index (χ4v) is 3.50. The van der Waals surface area contributed by atoms with E-state index in [1.807, 2.05) is 0 Å². The van der Waals surface area contributed by atoms with Crippen LogP contribution in [0.25, 0.3) is 0 Å². The van der Waals surface area contributed by atoms with Gasteiger partial charge in [0.25, 0.3) is 0 Å². The quantitative estimate of drug-likeness (QED) is 0.193. The van der Waals surface area contributed by atoms with E-state index >= 15 is 0 Å². The first-order valence-corrected chi connectivity index (χ1v) is 9.44. The molecule has 12 heteroatoms. The van der Waals surface area contributed by atoms with Gasteiger partial charge in [-0.1, -0.05) is 0 Å². The van der Waals surface area contributed by atoms with Crippen molar-refractivity contribution in [3.05, 3.63) is 0 Å². The van der Waals surface area contributed by atoms with Crippen molar-refractivity contribution in [3.63, 3.8) is 0 Å². The molecule has 0 aromatic carbocycles. The first-order chi connectivity index (χ1) is 13.2. The van der Waals surface area contributed by atoms with Gasteiger partial charge in [-0.3, -0.25) is 4.79 Å². The molecule has 1 aliphatic heterocycles. The molecule has 1 saturated carbocycles. The van der Waals surface area contributed by atoms with Crippen molar-refractivity contribution in [1.82, 2.24) is 5.32 Å². The van der Waals surface area contributed by atoms with Crippen LogP contribution in [-0.4, -0.2) is 100 Å². The lowest BCUT2D eigenvalue weighted by Crippen LogP contribution is -2.65. The van der Waals surface area contributed by atoms with Gasteiger partial charge in [-0.2, -0.15) is 0 Å². The first kappa shape index (κ1) is 23.3. The average molecular weight is 407 g/mol. The fourth-order valence-electron chi connectivity index (χ4n) is 3.50. The van der Waals surface area contributed by atoms with Gasteiger partial charge in [0.15, 0.2) is 6.29 Å². The Kier molecular flexibility index (Phi) is 8.51. The molecule has 1 heterocycles. The summed E-state index contributed by atoms with van der Waals surface area (Å²) in [6.07, 6.45) is -6.92. The largest absolute Gasteiger partial charge is 0.391 e. The number of hydrogen-bond donors (Lipinski definition) is 9. The summed E-state index contributed by atoms with van der Waals surface area (Å²) in [5, 5.41) is 42.6. The van der Waals surface area contributed by atoms with Crippen molar-refractivity contribution in [2.24, 2.45) is 22.9 Å². The number of nitrogens with one attached hydrogen (secondary N) is 1. The predicted octanol–water partition coefficient (Wildman–Crippen LogP) is -5.22. The van der Waals surface area contributed by atoms with Crippen molar-refractivity contribution in [1.29, 1.82) is 0 Å². The number of amides is 1. The van der Waals surface area contributed by atoms with Gasteiger partial charge in [-0.15, -0.1) is 0 Å². The third kappa shape index (κ3) is 5.36. The molecule has 28 heavy (non-hydrogen) atoms. The maximum absolute atomic E-state index is 11.9. The zero-order chi connectivity index (χ0) is 21.0. The van der Waals surface area contributed by atoms with Gasteiger partial charge in [-0.25, -0.2) is 0 Å². The van der Waals surface area contributed by atoms with E-state index < -0.39 is 66.9 Å². The number of hydrogen-bond acceptors (Lipinski definition) is 11. The van der Waals surface area contributed by atoms with Gasteiger partial charge >= 0.3 is 0 Å². The van der Waals surface area contributed by atoms with Crippen LogP contribution in [0.5, 0.6) is 0 Å². The van der Waals surface area contributed by atoms with E-state index in [-0.39, 0.29) is 32.4 Å². The number of aliphatic hydroxyl groups is 4. The molecule has 1 saturated heterocycles. The Labute approximate surface area is 163 Å². The highest BCUT2D eigenvalue weighted by atomic mass is 16.7. The lowest BCUT2D eigenvalue weighted by atomic mass is 9.86. The smallest absolute Gasteiger partial charge is 0.249 e. The molecule has 0 unspecified atom stereocenters. The predicted molar refractivity (Wildman–Crippen MR) is 97.4 cm³/mol. The van der Waals surface area contributed by atoms with Gasteiger partial charge in [0, 0.05) is 19.0 Å². The molecule has 0 radical (unpaired) electrons. The zero-order valence-corrected chi connectivity index (χ0v) is 15.6. The monoisotopic (exact) mass is 407 g/mol. The topological polar surface area (TPSA) is 233 Å². The second kappa shape index (κ2) is 10.2. The Hall–Kier alpha value is -0.930. The van der Waals surface area contributed by atoms with Crippen LogP contribution in [0.4, 0.5) is 0 Å². The minimum absolute atomic E-state index is 0.0383. The third-order valence-corrected chi connectivity index (χ3v) is 5.30. The van der Waals surface area contributed by atoms with Crippen LogP contribution in [0.15, 0.2) is 0 Å². The lowest BCUT2D eigenvalue weighted by Gasteiger charge is -2.44. The Bertz CT molecular complexity index is 514. The number of carbonyl (C=O) groups excluding carboxylic acids is 1. The summed E-state index contributed by atoms with van der Waals surface area (Å²) in [6.45, 7) is 0.118. The van der Waals surface area contributed by atoms with Gasteiger partial charge in [-0.05, 0) is 19.4 Å². The molecule has 1 amide bonds.